The molecule has 0 aromatic heterocycles. The van der Waals surface area contributed by atoms with Crippen LogP contribution in [0.15, 0.2) is 15.6 Å². The summed E-state index contributed by atoms with van der Waals surface area (Å²) in [7, 11) is 0. The third-order valence-corrected chi connectivity index (χ3v) is 2.07. The zero-order chi connectivity index (χ0) is 6.85. The number of nitrogens with zero attached hydrogens (tertiary/aromatic N) is 1. The zero-order valence-corrected chi connectivity index (χ0v) is 6.65. The number of dihydropyridines is 1. The lowest BCUT2D eigenvalue weighted by Crippen LogP contribution is -2.05. The van der Waals surface area contributed by atoms with Crippen LogP contribution in [0.2, 0.25) is 0 Å². The molecule has 1 heterocycles. The summed E-state index contributed by atoms with van der Waals surface area (Å²) in [6.07, 6.45) is 1.18. The maximum absolute atomic E-state index is 12.4. The Labute approximate surface area is 61.8 Å². The Hall–Kier alpha value is -0.180. The molecule has 9 heavy (non-hydrogen) atoms. The van der Waals surface area contributed by atoms with Crippen LogP contribution in [0.4, 0.5) is 4.39 Å². The predicted molar refractivity (Wildman–Crippen MR) is 39.6 cm³/mol. The van der Waals surface area contributed by atoms with E-state index in [4.69, 9.17) is 0 Å². The van der Waals surface area contributed by atoms with Crippen molar-refractivity contribution in [2.24, 2.45) is 4.99 Å². The van der Waals surface area contributed by atoms with Crippen LogP contribution in [-0.2, 0) is 0 Å². The molecule has 0 bridgehead atoms. The van der Waals surface area contributed by atoms with Crippen molar-refractivity contribution in [2.75, 3.05) is 0 Å². The van der Waals surface area contributed by atoms with Crippen LogP contribution in [-0.4, -0.2) is 12.0 Å². The van der Waals surface area contributed by atoms with Crippen LogP contribution in [0.3, 0.4) is 0 Å². The van der Waals surface area contributed by atoms with Crippen LogP contribution >= 0.6 is 15.9 Å². The number of aliphatic imine (C=N–C) groups is 1. The van der Waals surface area contributed by atoms with Gasteiger partial charge in [0, 0.05) is 16.6 Å². The normalized spacial score (nSPS) is 27.2. The van der Waals surface area contributed by atoms with Gasteiger partial charge in [-0.25, -0.2) is 4.39 Å². The molecule has 0 saturated carbocycles. The molecule has 0 fully saturated rings. The Morgan fingerprint density at radius 3 is 3.00 bits per heavy atom. The molecular weight excluding hydrogens is 185 g/mol. The Bertz CT molecular complexity index is 174. The number of hydrogen-bond donors (Lipinski definition) is 0. The highest BCUT2D eigenvalue weighted by Gasteiger charge is 2.09. The number of hydrogen-bond acceptors (Lipinski definition) is 1. The molecule has 0 aromatic rings. The number of alkyl halides is 1. The van der Waals surface area contributed by atoms with Gasteiger partial charge in [-0.1, -0.05) is 6.08 Å². The van der Waals surface area contributed by atoms with Gasteiger partial charge in [0.15, 0.2) is 6.30 Å². The molecule has 1 atom stereocenters. The molecule has 0 amide bonds. The molecule has 1 aliphatic rings. The van der Waals surface area contributed by atoms with Gasteiger partial charge < -0.3 is 0 Å². The van der Waals surface area contributed by atoms with E-state index < -0.39 is 6.30 Å². The molecule has 0 radical (unpaired) electrons. The molecule has 1 unspecified atom stereocenters. The minimum atomic E-state index is -1.02. The van der Waals surface area contributed by atoms with Crippen molar-refractivity contribution >= 4 is 21.6 Å². The van der Waals surface area contributed by atoms with Crippen molar-refractivity contribution in [1.29, 1.82) is 0 Å². The second-order valence-electron chi connectivity index (χ2n) is 1.94. The topological polar surface area (TPSA) is 12.4 Å². The predicted octanol–water partition coefficient (Wildman–Crippen LogP) is 2.43. The third-order valence-electron chi connectivity index (χ3n) is 1.17. The first kappa shape index (κ1) is 6.93. The second-order valence-corrected chi connectivity index (χ2v) is 2.79. The van der Waals surface area contributed by atoms with Gasteiger partial charge in [-0.05, 0) is 22.9 Å². The fourth-order valence-corrected chi connectivity index (χ4v) is 0.962. The maximum Gasteiger partial charge on any atom is 0.193 e. The summed E-state index contributed by atoms with van der Waals surface area (Å²) in [5.74, 6) is 0. The molecular formula is C6H7BrFN. The third kappa shape index (κ3) is 1.61. The van der Waals surface area contributed by atoms with Crippen molar-refractivity contribution in [2.45, 2.75) is 19.6 Å². The quantitative estimate of drug-likeness (QED) is 0.522. The van der Waals surface area contributed by atoms with Gasteiger partial charge in [0.25, 0.3) is 0 Å². The molecule has 0 aromatic carbocycles. The van der Waals surface area contributed by atoms with Crippen molar-refractivity contribution in [3.05, 3.63) is 10.6 Å². The van der Waals surface area contributed by atoms with Crippen molar-refractivity contribution < 1.29 is 4.39 Å². The van der Waals surface area contributed by atoms with Gasteiger partial charge >= 0.3 is 0 Å². The smallest absolute Gasteiger partial charge is 0.193 e. The Kier molecular flexibility index (Phi) is 2.01. The van der Waals surface area contributed by atoms with Gasteiger partial charge in [0.05, 0.1) is 0 Å². The number of rotatable bonds is 0. The van der Waals surface area contributed by atoms with E-state index in [0.717, 1.165) is 10.2 Å². The van der Waals surface area contributed by atoms with Crippen molar-refractivity contribution in [1.82, 2.24) is 0 Å². The number of allylic oxidation sites excluding steroid dienone is 1. The van der Waals surface area contributed by atoms with Crippen LogP contribution in [0.25, 0.3) is 0 Å². The lowest BCUT2D eigenvalue weighted by Gasteiger charge is -2.08. The van der Waals surface area contributed by atoms with Crippen LogP contribution in [0, 0.1) is 0 Å². The summed E-state index contributed by atoms with van der Waals surface area (Å²) >= 11 is 3.24. The van der Waals surface area contributed by atoms with E-state index in [0.29, 0.717) is 6.42 Å². The largest absolute Gasteiger partial charge is 0.252 e. The van der Waals surface area contributed by atoms with Gasteiger partial charge in [0.2, 0.25) is 0 Å². The molecule has 1 rings (SSSR count). The highest BCUT2D eigenvalue weighted by Crippen LogP contribution is 2.17. The molecule has 0 saturated heterocycles. The molecule has 50 valence electrons. The van der Waals surface area contributed by atoms with Crippen LogP contribution in [0.1, 0.15) is 13.3 Å². The van der Waals surface area contributed by atoms with Gasteiger partial charge in [-0.15, -0.1) is 0 Å². The molecule has 1 nitrogen and oxygen atoms in total. The van der Waals surface area contributed by atoms with E-state index in [-0.39, 0.29) is 0 Å². The van der Waals surface area contributed by atoms with Gasteiger partial charge in [-0.3, -0.25) is 4.99 Å². The Morgan fingerprint density at radius 2 is 2.56 bits per heavy atom. The number of halogens is 2. The highest BCUT2D eigenvalue weighted by molar-refractivity contribution is 9.12. The van der Waals surface area contributed by atoms with E-state index >= 15 is 0 Å². The van der Waals surface area contributed by atoms with Gasteiger partial charge in [-0.2, -0.15) is 0 Å². The summed E-state index contributed by atoms with van der Waals surface area (Å²) in [6, 6.07) is 0. The molecule has 0 N–H and O–H groups in total. The van der Waals surface area contributed by atoms with E-state index in [9.17, 15) is 4.39 Å². The zero-order valence-electron chi connectivity index (χ0n) is 5.06. The molecule has 0 aliphatic carbocycles. The van der Waals surface area contributed by atoms with Crippen LogP contribution in [0.5, 0.6) is 0 Å². The Balaban J connectivity index is 2.75. The summed E-state index contributed by atoms with van der Waals surface area (Å²) < 4.78 is 13.3. The summed E-state index contributed by atoms with van der Waals surface area (Å²) in [5.41, 5.74) is 0.744. The van der Waals surface area contributed by atoms with E-state index in [1.54, 1.807) is 13.0 Å². The lowest BCUT2D eigenvalue weighted by molar-refractivity contribution is 0.348. The van der Waals surface area contributed by atoms with Crippen LogP contribution < -0.4 is 0 Å². The fourth-order valence-electron chi connectivity index (χ4n) is 0.673. The average Bonchev–Trinajstić information content (AvgIpc) is 1.80. The average molecular weight is 192 g/mol. The second kappa shape index (κ2) is 2.60. The SMILES string of the molecule is CC1=NC(F)CC=C1Br. The highest BCUT2D eigenvalue weighted by atomic mass is 79.9. The minimum absolute atomic E-state index is 0.401. The van der Waals surface area contributed by atoms with Gasteiger partial charge in [0.1, 0.15) is 0 Å². The van der Waals surface area contributed by atoms with E-state index in [2.05, 4.69) is 20.9 Å². The standard InChI is InChI=1S/C6H7BrFN/c1-4-5(7)2-3-6(8)9-4/h2,6H,3H2,1H3. The summed E-state index contributed by atoms with van der Waals surface area (Å²) in [4.78, 5) is 3.70. The first-order valence-electron chi connectivity index (χ1n) is 2.74. The molecule has 3 heteroatoms. The fraction of sp³-hybridized carbons (Fsp3) is 0.500. The Morgan fingerprint density at radius 1 is 1.89 bits per heavy atom. The van der Waals surface area contributed by atoms with Crippen molar-refractivity contribution in [3.63, 3.8) is 0 Å². The van der Waals surface area contributed by atoms with Crippen molar-refractivity contribution in [3.8, 4) is 0 Å². The minimum Gasteiger partial charge on any atom is -0.252 e. The maximum atomic E-state index is 12.4. The monoisotopic (exact) mass is 191 g/mol. The van der Waals surface area contributed by atoms with E-state index in [1.807, 2.05) is 0 Å². The summed E-state index contributed by atoms with van der Waals surface area (Å²) in [5, 5.41) is 0. The first-order chi connectivity index (χ1) is 4.20. The lowest BCUT2D eigenvalue weighted by atomic mass is 10.2. The first-order valence-corrected chi connectivity index (χ1v) is 3.54. The molecule has 0 spiro atoms. The summed E-state index contributed by atoms with van der Waals surface area (Å²) in [6.45, 7) is 1.78. The van der Waals surface area contributed by atoms with E-state index in [1.165, 1.54) is 0 Å². The molecule has 1 aliphatic heterocycles.